The molecule has 0 bridgehead atoms. The molecule has 0 radical (unpaired) electrons. The first-order valence-corrected chi connectivity index (χ1v) is 9.69. The van der Waals surface area contributed by atoms with Gasteiger partial charge < -0.3 is 14.5 Å². The van der Waals surface area contributed by atoms with Crippen LogP contribution in [0.15, 0.2) is 30.3 Å². The molecule has 3 heterocycles. The number of carbonyl (C=O) groups is 2. The Hall–Kier alpha value is -1.92. The van der Waals surface area contributed by atoms with E-state index >= 15 is 0 Å². The molecule has 3 saturated heterocycles. The fraction of sp³-hybridized carbons (Fsp3) is 0.600. The van der Waals surface area contributed by atoms with E-state index in [0.29, 0.717) is 19.1 Å². The third-order valence-corrected chi connectivity index (χ3v) is 5.71. The van der Waals surface area contributed by atoms with E-state index in [1.54, 1.807) is 4.90 Å². The van der Waals surface area contributed by atoms with Crippen LogP contribution in [-0.2, 0) is 14.3 Å². The largest absolute Gasteiger partial charge is 0.377 e. The van der Waals surface area contributed by atoms with E-state index in [-0.39, 0.29) is 17.7 Å². The zero-order valence-electron chi connectivity index (χ0n) is 15.2. The Labute approximate surface area is 154 Å². The van der Waals surface area contributed by atoms with Crippen molar-refractivity contribution in [3.8, 4) is 0 Å². The Morgan fingerprint density at radius 1 is 1.12 bits per heavy atom. The molecule has 1 aromatic rings. The molecule has 26 heavy (non-hydrogen) atoms. The first-order valence-electron chi connectivity index (χ1n) is 9.69. The number of carbonyl (C=O) groups excluding carboxylic acids is 2. The average molecular weight is 357 g/mol. The van der Waals surface area contributed by atoms with Gasteiger partial charge in [-0.25, -0.2) is 0 Å². The van der Waals surface area contributed by atoms with Crippen molar-refractivity contribution in [2.24, 2.45) is 5.92 Å². The van der Waals surface area contributed by atoms with Gasteiger partial charge in [0, 0.05) is 58.0 Å². The van der Waals surface area contributed by atoms with Crippen molar-refractivity contribution in [1.82, 2.24) is 9.80 Å². The maximum Gasteiger partial charge on any atom is 0.228 e. The molecule has 0 N–H and O–H groups in total. The van der Waals surface area contributed by atoms with Crippen LogP contribution in [0.1, 0.15) is 19.3 Å². The number of hydrogen-bond donors (Lipinski definition) is 0. The molecule has 0 unspecified atom stereocenters. The van der Waals surface area contributed by atoms with Gasteiger partial charge in [0.2, 0.25) is 11.8 Å². The van der Waals surface area contributed by atoms with Gasteiger partial charge in [0.25, 0.3) is 0 Å². The fourth-order valence-electron chi connectivity index (χ4n) is 4.22. The van der Waals surface area contributed by atoms with Crippen LogP contribution in [-0.4, -0.2) is 73.6 Å². The number of amides is 2. The lowest BCUT2D eigenvalue weighted by molar-refractivity contribution is -0.137. The van der Waals surface area contributed by atoms with Gasteiger partial charge in [-0.2, -0.15) is 0 Å². The van der Waals surface area contributed by atoms with Crippen LogP contribution < -0.4 is 4.90 Å². The van der Waals surface area contributed by atoms with Gasteiger partial charge in [-0.05, 0) is 25.0 Å². The van der Waals surface area contributed by atoms with Crippen LogP contribution in [0.3, 0.4) is 0 Å². The zero-order valence-corrected chi connectivity index (χ0v) is 15.2. The fourth-order valence-corrected chi connectivity index (χ4v) is 4.22. The zero-order chi connectivity index (χ0) is 17.9. The molecule has 3 fully saturated rings. The molecule has 3 aliphatic heterocycles. The summed E-state index contributed by atoms with van der Waals surface area (Å²) in [6.45, 7) is 5.66. The summed E-state index contributed by atoms with van der Waals surface area (Å²) in [7, 11) is 0. The highest BCUT2D eigenvalue weighted by atomic mass is 16.5. The van der Waals surface area contributed by atoms with Crippen LogP contribution in [0.2, 0.25) is 0 Å². The van der Waals surface area contributed by atoms with E-state index in [1.165, 1.54) is 0 Å². The summed E-state index contributed by atoms with van der Waals surface area (Å²) >= 11 is 0. The number of para-hydroxylation sites is 1. The smallest absolute Gasteiger partial charge is 0.228 e. The van der Waals surface area contributed by atoms with E-state index in [1.807, 2.05) is 35.2 Å². The Morgan fingerprint density at radius 3 is 2.58 bits per heavy atom. The number of benzene rings is 1. The van der Waals surface area contributed by atoms with Crippen molar-refractivity contribution < 1.29 is 14.3 Å². The van der Waals surface area contributed by atoms with Gasteiger partial charge in [0.1, 0.15) is 0 Å². The number of piperazine rings is 1. The number of hydrogen-bond acceptors (Lipinski definition) is 4. The maximum atomic E-state index is 12.9. The van der Waals surface area contributed by atoms with E-state index in [9.17, 15) is 9.59 Å². The molecule has 0 aliphatic carbocycles. The second-order valence-electron chi connectivity index (χ2n) is 7.50. The molecule has 2 atom stereocenters. The summed E-state index contributed by atoms with van der Waals surface area (Å²) in [5.41, 5.74) is 0.884. The van der Waals surface area contributed by atoms with E-state index in [4.69, 9.17) is 4.74 Å². The van der Waals surface area contributed by atoms with Gasteiger partial charge in [-0.3, -0.25) is 14.5 Å². The van der Waals surface area contributed by atoms with Crippen LogP contribution in [0.5, 0.6) is 0 Å². The van der Waals surface area contributed by atoms with Crippen LogP contribution in [0.4, 0.5) is 5.69 Å². The molecule has 2 amide bonds. The summed E-state index contributed by atoms with van der Waals surface area (Å²) in [5, 5.41) is 0. The monoisotopic (exact) mass is 357 g/mol. The third-order valence-electron chi connectivity index (χ3n) is 5.71. The number of nitrogens with zero attached hydrogens (tertiary/aromatic N) is 3. The second kappa shape index (κ2) is 7.76. The van der Waals surface area contributed by atoms with Crippen molar-refractivity contribution in [2.45, 2.75) is 25.4 Å². The van der Waals surface area contributed by atoms with Crippen molar-refractivity contribution in [2.75, 3.05) is 50.8 Å². The van der Waals surface area contributed by atoms with Gasteiger partial charge in [-0.1, -0.05) is 18.2 Å². The van der Waals surface area contributed by atoms with E-state index < -0.39 is 0 Å². The summed E-state index contributed by atoms with van der Waals surface area (Å²) in [4.78, 5) is 31.3. The Kier molecular flexibility index (Phi) is 5.22. The van der Waals surface area contributed by atoms with Crippen LogP contribution >= 0.6 is 0 Å². The molecular formula is C20H27N3O3. The number of ether oxygens (including phenoxy) is 1. The lowest BCUT2D eigenvalue weighted by atomic mass is 10.1. The van der Waals surface area contributed by atoms with Crippen LogP contribution in [0, 0.1) is 5.92 Å². The standard InChI is InChI=1S/C20H27N3O3/c24-19-13-16(14-23(19)17-5-2-1-3-6-17)20(25)22-10-8-21(9-11-22)15-18-7-4-12-26-18/h1-3,5-6,16,18H,4,7-15H2/t16-,18+/m0/s1. The molecule has 0 spiro atoms. The van der Waals surface area contributed by atoms with Gasteiger partial charge in [0.05, 0.1) is 12.0 Å². The van der Waals surface area contributed by atoms with Crippen molar-refractivity contribution >= 4 is 17.5 Å². The number of anilines is 1. The molecule has 1 aromatic carbocycles. The normalized spacial score (nSPS) is 27.3. The molecule has 0 aromatic heterocycles. The molecule has 3 aliphatic rings. The maximum absolute atomic E-state index is 12.9. The molecule has 140 valence electrons. The lowest BCUT2D eigenvalue weighted by Crippen LogP contribution is -2.52. The van der Waals surface area contributed by atoms with E-state index in [0.717, 1.165) is 57.9 Å². The Morgan fingerprint density at radius 2 is 1.88 bits per heavy atom. The minimum atomic E-state index is -0.215. The van der Waals surface area contributed by atoms with Gasteiger partial charge in [-0.15, -0.1) is 0 Å². The first-order chi connectivity index (χ1) is 12.7. The van der Waals surface area contributed by atoms with Gasteiger partial charge in [0.15, 0.2) is 0 Å². The summed E-state index contributed by atoms with van der Waals surface area (Å²) in [5.74, 6) is -0.0347. The average Bonchev–Trinajstić information content (AvgIpc) is 3.32. The van der Waals surface area contributed by atoms with Gasteiger partial charge >= 0.3 is 0 Å². The van der Waals surface area contributed by atoms with E-state index in [2.05, 4.69) is 4.90 Å². The molecule has 0 saturated carbocycles. The SMILES string of the molecule is O=C([C@H]1CC(=O)N(c2ccccc2)C1)N1CCN(C[C@H]2CCCO2)CC1. The molecule has 6 heteroatoms. The predicted molar refractivity (Wildman–Crippen MR) is 98.9 cm³/mol. The minimum absolute atomic E-state index is 0.0477. The molecular weight excluding hydrogens is 330 g/mol. The van der Waals surface area contributed by atoms with Crippen molar-refractivity contribution in [1.29, 1.82) is 0 Å². The third kappa shape index (κ3) is 3.76. The number of rotatable bonds is 4. The minimum Gasteiger partial charge on any atom is -0.377 e. The highest BCUT2D eigenvalue weighted by Crippen LogP contribution is 2.26. The quantitative estimate of drug-likeness (QED) is 0.817. The summed E-state index contributed by atoms with van der Waals surface area (Å²) < 4.78 is 5.71. The van der Waals surface area contributed by atoms with Crippen LogP contribution in [0.25, 0.3) is 0 Å². The highest BCUT2D eigenvalue weighted by molar-refractivity contribution is 6.00. The topological polar surface area (TPSA) is 53.1 Å². The predicted octanol–water partition coefficient (Wildman–Crippen LogP) is 1.36. The molecule has 6 nitrogen and oxygen atoms in total. The Bertz CT molecular complexity index is 637. The Balaban J connectivity index is 1.29. The lowest BCUT2D eigenvalue weighted by Gasteiger charge is -2.36. The van der Waals surface area contributed by atoms with Crippen molar-refractivity contribution in [3.05, 3.63) is 30.3 Å². The molecule has 4 rings (SSSR count). The summed E-state index contributed by atoms with van der Waals surface area (Å²) in [6, 6.07) is 9.63. The highest BCUT2D eigenvalue weighted by Gasteiger charge is 2.38. The van der Waals surface area contributed by atoms with Crippen molar-refractivity contribution in [3.63, 3.8) is 0 Å². The first kappa shape index (κ1) is 17.5. The summed E-state index contributed by atoms with van der Waals surface area (Å²) in [6.07, 6.45) is 3.00. The second-order valence-corrected chi connectivity index (χ2v) is 7.50.